The maximum atomic E-state index is 12.6. The third kappa shape index (κ3) is 6.10. The van der Waals surface area contributed by atoms with Gasteiger partial charge in [-0.2, -0.15) is 0 Å². The van der Waals surface area contributed by atoms with Crippen LogP contribution in [0.15, 0.2) is 24.3 Å². The fourth-order valence-electron chi connectivity index (χ4n) is 3.56. The molecule has 0 aromatic heterocycles. The van der Waals surface area contributed by atoms with Crippen molar-refractivity contribution in [3.63, 3.8) is 0 Å². The summed E-state index contributed by atoms with van der Waals surface area (Å²) in [4.78, 5) is 17.1. The molecule has 5 nitrogen and oxygen atoms in total. The van der Waals surface area contributed by atoms with Crippen LogP contribution < -0.4 is 5.73 Å². The van der Waals surface area contributed by atoms with Crippen LogP contribution in [-0.2, 0) is 9.53 Å². The minimum atomic E-state index is -0.548. The van der Waals surface area contributed by atoms with Gasteiger partial charge in [0.1, 0.15) is 6.04 Å². The Morgan fingerprint density at radius 2 is 1.69 bits per heavy atom. The first kappa shape index (κ1) is 23.2. The fourth-order valence-corrected chi connectivity index (χ4v) is 3.56. The number of rotatable bonds is 4. The molecule has 0 saturated carbocycles. The average Bonchev–Trinajstić information content (AvgIpc) is 2.63. The molecule has 1 aromatic carbocycles. The van der Waals surface area contributed by atoms with E-state index in [1.807, 2.05) is 36.1 Å². The van der Waals surface area contributed by atoms with Crippen molar-refractivity contribution in [2.24, 2.45) is 11.7 Å². The predicted molar refractivity (Wildman–Crippen MR) is 109 cm³/mol. The standard InChI is InChI=1S/C19H29N3O2.2ClH/c1-15-2-4-17(5-3-15)18(20)19(23)22-10-8-21(9-11-22)14-16-6-12-24-13-7-16;;/h2-5,16,18H,6-14,20H2,1H3;2*1H. The van der Waals surface area contributed by atoms with E-state index in [1.165, 1.54) is 5.56 Å². The van der Waals surface area contributed by atoms with Crippen LogP contribution in [0.25, 0.3) is 0 Å². The molecule has 2 heterocycles. The zero-order valence-electron chi connectivity index (χ0n) is 15.4. The molecule has 7 heteroatoms. The summed E-state index contributed by atoms with van der Waals surface area (Å²) in [7, 11) is 0. The number of benzene rings is 1. The summed E-state index contributed by atoms with van der Waals surface area (Å²) in [6, 6.07) is 7.38. The lowest BCUT2D eigenvalue weighted by Gasteiger charge is -2.38. The van der Waals surface area contributed by atoms with Crippen LogP contribution >= 0.6 is 24.8 Å². The molecule has 0 aliphatic carbocycles. The highest BCUT2D eigenvalue weighted by molar-refractivity contribution is 5.85. The highest BCUT2D eigenvalue weighted by Crippen LogP contribution is 2.19. The molecule has 0 bridgehead atoms. The molecule has 1 aromatic rings. The Hall–Kier alpha value is -0.850. The van der Waals surface area contributed by atoms with Crippen LogP contribution in [0.4, 0.5) is 0 Å². The van der Waals surface area contributed by atoms with E-state index in [4.69, 9.17) is 10.5 Å². The van der Waals surface area contributed by atoms with E-state index in [-0.39, 0.29) is 30.7 Å². The molecule has 148 valence electrons. The third-order valence-electron chi connectivity index (χ3n) is 5.24. The summed E-state index contributed by atoms with van der Waals surface area (Å²) in [5, 5.41) is 0. The van der Waals surface area contributed by atoms with Crippen molar-refractivity contribution in [2.75, 3.05) is 45.9 Å². The first-order valence-electron chi connectivity index (χ1n) is 9.04. The minimum absolute atomic E-state index is 0. The Kier molecular flexibility index (Phi) is 9.90. The van der Waals surface area contributed by atoms with Crippen molar-refractivity contribution in [2.45, 2.75) is 25.8 Å². The van der Waals surface area contributed by atoms with Crippen molar-refractivity contribution in [1.82, 2.24) is 9.80 Å². The van der Waals surface area contributed by atoms with Crippen LogP contribution in [0, 0.1) is 12.8 Å². The van der Waals surface area contributed by atoms with Crippen molar-refractivity contribution < 1.29 is 9.53 Å². The molecular weight excluding hydrogens is 373 g/mol. The van der Waals surface area contributed by atoms with Gasteiger partial charge in [-0.1, -0.05) is 29.8 Å². The van der Waals surface area contributed by atoms with Gasteiger partial charge in [-0.05, 0) is 31.2 Å². The van der Waals surface area contributed by atoms with Crippen molar-refractivity contribution in [3.05, 3.63) is 35.4 Å². The Bertz CT molecular complexity index is 542. The molecule has 1 unspecified atom stereocenters. The van der Waals surface area contributed by atoms with E-state index in [0.29, 0.717) is 0 Å². The molecular formula is C19H31Cl2N3O2. The second-order valence-corrected chi connectivity index (χ2v) is 7.07. The van der Waals surface area contributed by atoms with Gasteiger partial charge in [0.05, 0.1) is 0 Å². The van der Waals surface area contributed by atoms with Gasteiger partial charge >= 0.3 is 0 Å². The van der Waals surface area contributed by atoms with Gasteiger partial charge in [0.25, 0.3) is 0 Å². The van der Waals surface area contributed by atoms with Gasteiger partial charge < -0.3 is 15.4 Å². The van der Waals surface area contributed by atoms with Gasteiger partial charge in [0.2, 0.25) is 5.91 Å². The Labute approximate surface area is 169 Å². The molecule has 1 atom stereocenters. The van der Waals surface area contributed by atoms with E-state index in [1.54, 1.807) is 0 Å². The molecule has 0 radical (unpaired) electrons. The average molecular weight is 404 g/mol. The van der Waals surface area contributed by atoms with E-state index >= 15 is 0 Å². The number of amides is 1. The smallest absolute Gasteiger partial charge is 0.244 e. The van der Waals surface area contributed by atoms with E-state index in [9.17, 15) is 4.79 Å². The first-order chi connectivity index (χ1) is 11.6. The van der Waals surface area contributed by atoms with E-state index in [2.05, 4.69) is 4.90 Å². The summed E-state index contributed by atoms with van der Waals surface area (Å²) in [6.45, 7) is 8.42. The van der Waals surface area contributed by atoms with Gasteiger partial charge in [-0.3, -0.25) is 9.69 Å². The number of ether oxygens (including phenoxy) is 1. The van der Waals surface area contributed by atoms with E-state index in [0.717, 1.165) is 70.3 Å². The lowest BCUT2D eigenvalue weighted by Crippen LogP contribution is -2.52. The minimum Gasteiger partial charge on any atom is -0.381 e. The zero-order valence-corrected chi connectivity index (χ0v) is 17.1. The van der Waals surface area contributed by atoms with Gasteiger partial charge in [-0.15, -0.1) is 24.8 Å². The topological polar surface area (TPSA) is 58.8 Å². The molecule has 0 spiro atoms. The maximum Gasteiger partial charge on any atom is 0.244 e. The number of hydrogen-bond donors (Lipinski definition) is 1. The Morgan fingerprint density at radius 3 is 2.27 bits per heavy atom. The lowest BCUT2D eigenvalue weighted by molar-refractivity contribution is -0.134. The van der Waals surface area contributed by atoms with Crippen molar-refractivity contribution in [3.8, 4) is 0 Å². The summed E-state index contributed by atoms with van der Waals surface area (Å²) < 4.78 is 5.43. The van der Waals surface area contributed by atoms with Gasteiger partial charge in [0.15, 0.2) is 0 Å². The zero-order chi connectivity index (χ0) is 16.9. The molecule has 2 fully saturated rings. The highest BCUT2D eigenvalue weighted by atomic mass is 35.5. The van der Waals surface area contributed by atoms with Crippen LogP contribution in [0.1, 0.15) is 30.0 Å². The largest absolute Gasteiger partial charge is 0.381 e. The molecule has 2 N–H and O–H groups in total. The molecule has 3 rings (SSSR count). The number of hydrogen-bond acceptors (Lipinski definition) is 4. The molecule has 2 aliphatic heterocycles. The van der Waals surface area contributed by atoms with Crippen LogP contribution in [-0.4, -0.2) is 61.6 Å². The summed E-state index contributed by atoms with van der Waals surface area (Å²) >= 11 is 0. The number of nitrogens with zero attached hydrogens (tertiary/aromatic N) is 2. The van der Waals surface area contributed by atoms with Crippen LogP contribution in [0.2, 0.25) is 0 Å². The second-order valence-electron chi connectivity index (χ2n) is 7.07. The molecule has 2 saturated heterocycles. The number of piperazine rings is 1. The van der Waals surface area contributed by atoms with Gasteiger partial charge in [-0.25, -0.2) is 0 Å². The highest BCUT2D eigenvalue weighted by Gasteiger charge is 2.27. The predicted octanol–water partition coefficient (Wildman–Crippen LogP) is 2.41. The normalized spacial score (nSPS) is 20.0. The van der Waals surface area contributed by atoms with Crippen LogP contribution in [0.5, 0.6) is 0 Å². The first-order valence-corrected chi connectivity index (χ1v) is 9.04. The maximum absolute atomic E-state index is 12.6. The summed E-state index contributed by atoms with van der Waals surface area (Å²) in [5.41, 5.74) is 8.26. The number of halogens is 2. The van der Waals surface area contributed by atoms with Crippen molar-refractivity contribution in [1.29, 1.82) is 0 Å². The molecule has 1 amide bonds. The summed E-state index contributed by atoms with van der Waals surface area (Å²) in [6.07, 6.45) is 2.33. The number of aryl methyl sites for hydroxylation is 1. The summed E-state index contributed by atoms with van der Waals surface area (Å²) in [5.74, 6) is 0.792. The third-order valence-corrected chi connectivity index (χ3v) is 5.24. The van der Waals surface area contributed by atoms with E-state index < -0.39 is 6.04 Å². The number of nitrogens with two attached hydrogens (primary N) is 1. The Balaban J connectivity index is 0.00000169. The quantitative estimate of drug-likeness (QED) is 0.838. The number of carbonyl (C=O) groups excluding carboxylic acids is 1. The van der Waals surface area contributed by atoms with Gasteiger partial charge in [0, 0.05) is 45.9 Å². The number of carbonyl (C=O) groups is 1. The van der Waals surface area contributed by atoms with Crippen molar-refractivity contribution >= 4 is 30.7 Å². The Morgan fingerprint density at radius 1 is 1.12 bits per heavy atom. The molecule has 2 aliphatic rings. The molecule has 26 heavy (non-hydrogen) atoms. The lowest BCUT2D eigenvalue weighted by atomic mass is 9.99. The SMILES string of the molecule is Cc1ccc(C(N)C(=O)N2CCN(CC3CCOCC3)CC2)cc1.Cl.Cl. The second kappa shape index (κ2) is 11.1. The fraction of sp³-hybridized carbons (Fsp3) is 0.632. The monoisotopic (exact) mass is 403 g/mol. The van der Waals surface area contributed by atoms with Crippen LogP contribution in [0.3, 0.4) is 0 Å².